The molecule has 0 N–H and O–H groups in total. The number of hydrogen-bond donors (Lipinski definition) is 0. The summed E-state index contributed by atoms with van der Waals surface area (Å²) in [6.45, 7) is 10.4. The summed E-state index contributed by atoms with van der Waals surface area (Å²) in [4.78, 5) is 18.6. The third-order valence-corrected chi connectivity index (χ3v) is 6.28. The summed E-state index contributed by atoms with van der Waals surface area (Å²) in [5.74, 6) is -0.0928. The van der Waals surface area contributed by atoms with E-state index in [-0.39, 0.29) is 30.0 Å². The van der Waals surface area contributed by atoms with Gasteiger partial charge < -0.3 is 4.74 Å². The number of carbonyl (C=O) groups excluding carboxylic acids is 1. The number of aryl methyl sites for hydroxylation is 2. The molecule has 0 spiro atoms. The highest BCUT2D eigenvalue weighted by molar-refractivity contribution is 5.74. The molecule has 2 heterocycles. The largest absolute Gasteiger partial charge is 0.439 e. The van der Waals surface area contributed by atoms with E-state index in [2.05, 4.69) is 23.2 Å². The van der Waals surface area contributed by atoms with Crippen molar-refractivity contribution in [2.24, 2.45) is 0 Å². The Kier molecular flexibility index (Phi) is 6.00. The van der Waals surface area contributed by atoms with Crippen molar-refractivity contribution in [2.45, 2.75) is 59.2 Å². The van der Waals surface area contributed by atoms with Crippen molar-refractivity contribution in [1.29, 1.82) is 0 Å². The fraction of sp³-hybridized carbons (Fsp3) is 0.333. The Morgan fingerprint density at radius 1 is 1.06 bits per heavy atom. The molecule has 4 rings (SSSR count). The standard InChI is InChI=1S/C27H29FN2O2/c1-16(2)23-14-24(18(4)13-25(23)28)22-7-6-17(3)12-21(22)15-30-19(5)26(32-27(30)31)20-8-10-29-11-9-20/h6-14,16,19,26H,15H2,1-5H3/t19-,26-/m0/s1. The van der Waals surface area contributed by atoms with E-state index >= 15 is 0 Å². The molecule has 2 aromatic carbocycles. The molecule has 0 aliphatic carbocycles. The van der Waals surface area contributed by atoms with E-state index in [0.717, 1.165) is 33.4 Å². The SMILES string of the molecule is Cc1ccc(-c2cc(C(C)C)c(F)cc2C)c(CN2C(=O)O[C@H](c3ccncc3)[C@@H]2C)c1. The Morgan fingerprint density at radius 3 is 2.47 bits per heavy atom. The third-order valence-electron chi connectivity index (χ3n) is 6.28. The first-order valence-corrected chi connectivity index (χ1v) is 11.0. The molecule has 1 aliphatic heterocycles. The van der Waals surface area contributed by atoms with Gasteiger partial charge in [0.1, 0.15) is 11.9 Å². The molecule has 166 valence electrons. The minimum absolute atomic E-state index is 0.0814. The number of aromatic nitrogens is 1. The van der Waals surface area contributed by atoms with E-state index in [1.165, 1.54) is 0 Å². The predicted octanol–water partition coefficient (Wildman–Crippen LogP) is 6.71. The fourth-order valence-electron chi connectivity index (χ4n) is 4.43. The lowest BCUT2D eigenvalue weighted by atomic mass is 9.90. The summed E-state index contributed by atoms with van der Waals surface area (Å²) in [7, 11) is 0. The minimum atomic E-state index is -0.334. The van der Waals surface area contributed by atoms with Crippen LogP contribution in [-0.2, 0) is 11.3 Å². The van der Waals surface area contributed by atoms with Crippen molar-refractivity contribution in [2.75, 3.05) is 0 Å². The molecule has 0 unspecified atom stereocenters. The number of amides is 1. The highest BCUT2D eigenvalue weighted by atomic mass is 19.1. The van der Waals surface area contributed by atoms with Crippen molar-refractivity contribution < 1.29 is 13.9 Å². The highest BCUT2D eigenvalue weighted by Crippen LogP contribution is 2.36. The normalized spacial score (nSPS) is 18.3. The maximum Gasteiger partial charge on any atom is 0.411 e. The molecule has 1 aliphatic rings. The Labute approximate surface area is 189 Å². The molecule has 2 atom stereocenters. The number of pyridine rings is 1. The van der Waals surface area contributed by atoms with Gasteiger partial charge in [-0.25, -0.2) is 9.18 Å². The first kappa shape index (κ1) is 22.0. The average Bonchev–Trinajstić information content (AvgIpc) is 3.03. The summed E-state index contributed by atoms with van der Waals surface area (Å²) in [5, 5.41) is 0. The zero-order valence-corrected chi connectivity index (χ0v) is 19.2. The molecular weight excluding hydrogens is 403 g/mol. The monoisotopic (exact) mass is 432 g/mol. The molecule has 0 radical (unpaired) electrons. The second-order valence-electron chi connectivity index (χ2n) is 8.96. The summed E-state index contributed by atoms with van der Waals surface area (Å²) in [6, 6.07) is 13.4. The first-order valence-electron chi connectivity index (χ1n) is 11.0. The first-order chi connectivity index (χ1) is 15.3. The van der Waals surface area contributed by atoms with Crippen molar-refractivity contribution in [3.05, 3.63) is 88.5 Å². The van der Waals surface area contributed by atoms with Gasteiger partial charge in [0.2, 0.25) is 0 Å². The van der Waals surface area contributed by atoms with Crippen molar-refractivity contribution >= 4 is 6.09 Å². The zero-order valence-electron chi connectivity index (χ0n) is 19.2. The van der Waals surface area contributed by atoms with E-state index in [9.17, 15) is 9.18 Å². The lowest BCUT2D eigenvalue weighted by Gasteiger charge is -2.23. The molecular formula is C27H29FN2O2. The van der Waals surface area contributed by atoms with E-state index in [1.54, 1.807) is 23.4 Å². The van der Waals surface area contributed by atoms with Gasteiger partial charge in [0.25, 0.3) is 0 Å². The molecule has 1 amide bonds. The number of rotatable bonds is 5. The minimum Gasteiger partial charge on any atom is -0.439 e. The predicted molar refractivity (Wildman–Crippen MR) is 124 cm³/mol. The van der Waals surface area contributed by atoms with Gasteiger partial charge in [-0.3, -0.25) is 9.88 Å². The summed E-state index contributed by atoms with van der Waals surface area (Å²) in [6.07, 6.45) is 2.76. The van der Waals surface area contributed by atoms with Crippen LogP contribution in [0.2, 0.25) is 0 Å². The fourth-order valence-corrected chi connectivity index (χ4v) is 4.43. The summed E-state index contributed by atoms with van der Waals surface area (Å²) >= 11 is 0. The number of benzene rings is 2. The quantitative estimate of drug-likeness (QED) is 0.450. The van der Waals surface area contributed by atoms with Crippen LogP contribution in [0.15, 0.2) is 54.9 Å². The maximum absolute atomic E-state index is 14.5. The second-order valence-corrected chi connectivity index (χ2v) is 8.96. The van der Waals surface area contributed by atoms with Crippen LogP contribution in [0.1, 0.15) is 60.6 Å². The Bertz CT molecular complexity index is 1140. The molecule has 1 aromatic heterocycles. The molecule has 5 heteroatoms. The number of nitrogens with zero attached hydrogens (tertiary/aromatic N) is 2. The third kappa shape index (κ3) is 4.12. The van der Waals surface area contributed by atoms with Crippen molar-refractivity contribution in [3.63, 3.8) is 0 Å². The average molecular weight is 433 g/mol. The molecule has 0 bridgehead atoms. The molecule has 32 heavy (non-hydrogen) atoms. The van der Waals surface area contributed by atoms with Gasteiger partial charge in [-0.1, -0.05) is 37.6 Å². The number of carbonyl (C=O) groups is 1. The van der Waals surface area contributed by atoms with Crippen LogP contribution in [0, 0.1) is 19.7 Å². The van der Waals surface area contributed by atoms with Gasteiger partial charge in [-0.2, -0.15) is 0 Å². The highest BCUT2D eigenvalue weighted by Gasteiger charge is 2.39. The number of ether oxygens (including phenoxy) is 1. The topological polar surface area (TPSA) is 42.4 Å². The van der Waals surface area contributed by atoms with Gasteiger partial charge in [-0.15, -0.1) is 0 Å². The van der Waals surface area contributed by atoms with E-state index in [0.29, 0.717) is 12.1 Å². The van der Waals surface area contributed by atoms with E-state index in [1.807, 2.05) is 52.8 Å². The van der Waals surface area contributed by atoms with Crippen LogP contribution < -0.4 is 0 Å². The lowest BCUT2D eigenvalue weighted by molar-refractivity contribution is 0.130. The van der Waals surface area contributed by atoms with Gasteiger partial charge >= 0.3 is 6.09 Å². The van der Waals surface area contributed by atoms with Crippen LogP contribution in [0.5, 0.6) is 0 Å². The smallest absolute Gasteiger partial charge is 0.411 e. The summed E-state index contributed by atoms with van der Waals surface area (Å²) < 4.78 is 20.2. The maximum atomic E-state index is 14.5. The molecule has 4 nitrogen and oxygen atoms in total. The second kappa shape index (κ2) is 8.73. The van der Waals surface area contributed by atoms with Crippen molar-refractivity contribution in [3.8, 4) is 11.1 Å². The van der Waals surface area contributed by atoms with Crippen LogP contribution in [0.25, 0.3) is 11.1 Å². The number of cyclic esters (lactones) is 1. The van der Waals surface area contributed by atoms with Gasteiger partial charge in [0, 0.05) is 12.4 Å². The van der Waals surface area contributed by atoms with Crippen LogP contribution >= 0.6 is 0 Å². The molecule has 3 aromatic rings. The van der Waals surface area contributed by atoms with Crippen LogP contribution in [0.4, 0.5) is 9.18 Å². The zero-order chi connectivity index (χ0) is 23.0. The summed E-state index contributed by atoms with van der Waals surface area (Å²) in [5.41, 5.74) is 6.65. The van der Waals surface area contributed by atoms with Gasteiger partial charge in [0.05, 0.1) is 12.6 Å². The Hall–Kier alpha value is -3.21. The van der Waals surface area contributed by atoms with Crippen LogP contribution in [-0.4, -0.2) is 22.0 Å². The van der Waals surface area contributed by atoms with Crippen LogP contribution in [0.3, 0.4) is 0 Å². The van der Waals surface area contributed by atoms with E-state index < -0.39 is 0 Å². The molecule has 1 saturated heterocycles. The molecule has 0 saturated carbocycles. The van der Waals surface area contributed by atoms with Crippen molar-refractivity contribution in [1.82, 2.24) is 9.88 Å². The Morgan fingerprint density at radius 2 is 1.78 bits per heavy atom. The van der Waals surface area contributed by atoms with E-state index in [4.69, 9.17) is 4.74 Å². The number of halogens is 1. The van der Waals surface area contributed by atoms with Gasteiger partial charge in [-0.05, 0) is 84.3 Å². The molecule has 1 fully saturated rings. The number of hydrogen-bond acceptors (Lipinski definition) is 3. The lowest BCUT2D eigenvalue weighted by Crippen LogP contribution is -2.31. The Balaban J connectivity index is 1.71. The van der Waals surface area contributed by atoms with Gasteiger partial charge in [0.15, 0.2) is 0 Å².